The molecular formula is C24H22Cl2N6O2. The number of nitrogens with one attached hydrogen (secondary N) is 1. The number of carboxylic acid groups (broad SMARTS) is 1. The molecule has 10 heteroatoms. The number of nitrogens with zero attached hydrogens (tertiary/aromatic N) is 5. The van der Waals surface area contributed by atoms with Crippen molar-refractivity contribution in [2.24, 2.45) is 0 Å². The number of halogens is 2. The van der Waals surface area contributed by atoms with Crippen LogP contribution in [0.15, 0.2) is 48.5 Å². The maximum absolute atomic E-state index is 11.9. The molecule has 8 nitrogen and oxygen atoms in total. The Labute approximate surface area is 206 Å². The van der Waals surface area contributed by atoms with E-state index < -0.39 is 11.5 Å². The Morgan fingerprint density at radius 3 is 2.26 bits per heavy atom. The van der Waals surface area contributed by atoms with Crippen molar-refractivity contribution < 1.29 is 9.90 Å². The zero-order valence-electron chi connectivity index (χ0n) is 18.6. The van der Waals surface area contributed by atoms with Gasteiger partial charge in [-0.25, -0.2) is 4.98 Å². The lowest BCUT2D eigenvalue weighted by atomic mass is 9.90. The summed E-state index contributed by atoms with van der Waals surface area (Å²) in [5.41, 5.74) is 2.42. The molecule has 1 fully saturated rings. The number of aryl methyl sites for hydroxylation is 1. The molecule has 0 unspecified atom stereocenters. The normalized spacial score (nSPS) is 14.9. The van der Waals surface area contributed by atoms with Gasteiger partial charge in [0.1, 0.15) is 11.5 Å². The summed E-state index contributed by atoms with van der Waals surface area (Å²) in [5, 5.41) is 18.9. The first-order valence-corrected chi connectivity index (χ1v) is 11.6. The molecular weight excluding hydrogens is 475 g/mol. The number of aliphatic carboxylic acids is 1. The van der Waals surface area contributed by atoms with E-state index in [4.69, 9.17) is 33.3 Å². The maximum atomic E-state index is 11.9. The van der Waals surface area contributed by atoms with Crippen molar-refractivity contribution in [3.63, 3.8) is 0 Å². The van der Waals surface area contributed by atoms with Crippen molar-refractivity contribution in [2.45, 2.75) is 19.4 Å². The SMILES string of the molecule is CCNC1(C(=O)O)CN(c2nc(C)nc3c(-c4ccccc4Cl)c(-c4ccccc4Cl)nn23)C1. The number of hydrogen-bond donors (Lipinski definition) is 2. The van der Waals surface area contributed by atoms with Crippen LogP contribution < -0.4 is 10.2 Å². The van der Waals surface area contributed by atoms with Crippen LogP contribution in [0, 0.1) is 6.92 Å². The van der Waals surface area contributed by atoms with Gasteiger partial charge < -0.3 is 10.0 Å². The lowest BCUT2D eigenvalue weighted by Crippen LogP contribution is -2.73. The largest absolute Gasteiger partial charge is 0.480 e. The van der Waals surface area contributed by atoms with Gasteiger partial charge in [0, 0.05) is 16.1 Å². The topological polar surface area (TPSA) is 95.7 Å². The van der Waals surface area contributed by atoms with Gasteiger partial charge in [-0.05, 0) is 25.6 Å². The highest BCUT2D eigenvalue weighted by molar-refractivity contribution is 6.35. The number of benzene rings is 2. The number of aromatic nitrogens is 4. The van der Waals surface area contributed by atoms with E-state index in [0.717, 1.165) is 16.7 Å². The van der Waals surface area contributed by atoms with Crippen LogP contribution in [0.3, 0.4) is 0 Å². The fraction of sp³-hybridized carbons (Fsp3) is 0.250. The fourth-order valence-corrected chi connectivity index (χ4v) is 4.84. The molecule has 0 aliphatic carbocycles. The second-order valence-corrected chi connectivity index (χ2v) is 9.08. The van der Waals surface area contributed by atoms with Crippen molar-refractivity contribution in [1.82, 2.24) is 24.9 Å². The summed E-state index contributed by atoms with van der Waals surface area (Å²) in [4.78, 5) is 23.1. The summed E-state index contributed by atoms with van der Waals surface area (Å²) in [6.45, 7) is 4.75. The molecule has 34 heavy (non-hydrogen) atoms. The zero-order valence-corrected chi connectivity index (χ0v) is 20.1. The number of rotatable bonds is 6. The number of likely N-dealkylation sites (N-methyl/N-ethyl adjacent to an activating group) is 1. The van der Waals surface area contributed by atoms with Crippen molar-refractivity contribution in [3.8, 4) is 22.4 Å². The first-order valence-electron chi connectivity index (χ1n) is 10.8. The summed E-state index contributed by atoms with van der Waals surface area (Å²) in [6, 6.07) is 15.0. The smallest absolute Gasteiger partial charge is 0.327 e. The number of carbonyl (C=O) groups is 1. The molecule has 0 bridgehead atoms. The summed E-state index contributed by atoms with van der Waals surface area (Å²) in [7, 11) is 0. The van der Waals surface area contributed by atoms with E-state index in [0.29, 0.717) is 39.7 Å². The third-order valence-corrected chi connectivity index (χ3v) is 6.64. The van der Waals surface area contributed by atoms with Crippen LogP contribution in [0.5, 0.6) is 0 Å². The molecule has 2 N–H and O–H groups in total. The molecule has 1 saturated heterocycles. The minimum atomic E-state index is -1.02. The average molecular weight is 497 g/mol. The van der Waals surface area contributed by atoms with E-state index in [-0.39, 0.29) is 13.1 Å². The van der Waals surface area contributed by atoms with Gasteiger partial charge in [0.05, 0.1) is 23.7 Å². The van der Waals surface area contributed by atoms with Gasteiger partial charge in [0.2, 0.25) is 5.95 Å². The van der Waals surface area contributed by atoms with Gasteiger partial charge in [-0.1, -0.05) is 66.5 Å². The predicted octanol–water partition coefficient (Wildman–Crippen LogP) is 4.33. The lowest BCUT2D eigenvalue weighted by molar-refractivity contribution is -0.146. The van der Waals surface area contributed by atoms with Gasteiger partial charge in [-0.3, -0.25) is 10.1 Å². The Bertz CT molecular complexity index is 1410. The van der Waals surface area contributed by atoms with Gasteiger partial charge >= 0.3 is 5.97 Å². The molecule has 0 spiro atoms. The Kier molecular flexibility index (Phi) is 5.67. The molecule has 0 radical (unpaired) electrons. The molecule has 174 valence electrons. The third-order valence-electron chi connectivity index (χ3n) is 5.98. The molecule has 2 aromatic heterocycles. The molecule has 0 atom stereocenters. The molecule has 0 saturated carbocycles. The van der Waals surface area contributed by atoms with Crippen LogP contribution in [-0.2, 0) is 4.79 Å². The van der Waals surface area contributed by atoms with Crippen LogP contribution in [0.4, 0.5) is 5.95 Å². The number of fused-ring (bicyclic) bond motifs is 1. The Morgan fingerprint density at radius 2 is 1.68 bits per heavy atom. The molecule has 0 amide bonds. The highest BCUT2D eigenvalue weighted by atomic mass is 35.5. The van der Waals surface area contributed by atoms with E-state index in [1.165, 1.54) is 0 Å². The van der Waals surface area contributed by atoms with E-state index in [2.05, 4.69) is 10.3 Å². The molecule has 1 aliphatic heterocycles. The van der Waals surface area contributed by atoms with Crippen LogP contribution in [0.2, 0.25) is 10.0 Å². The number of anilines is 1. The second kappa shape index (κ2) is 8.54. The average Bonchev–Trinajstić information content (AvgIpc) is 3.14. The van der Waals surface area contributed by atoms with Crippen molar-refractivity contribution >= 4 is 40.8 Å². The zero-order chi connectivity index (χ0) is 24.0. The molecule has 3 heterocycles. The summed E-state index contributed by atoms with van der Waals surface area (Å²) in [6.07, 6.45) is 0. The standard InChI is InChI=1S/C24H22Cl2N6O2/c1-3-27-24(22(33)34)12-31(13-24)23-29-14(2)28-21-19(15-8-4-6-10-17(15)25)20(30-32(21)23)16-9-5-7-11-18(16)26/h4-11,27H,3,12-13H2,1-2H3,(H,33,34). The van der Waals surface area contributed by atoms with Gasteiger partial charge in [-0.15, -0.1) is 0 Å². The molecule has 4 aromatic rings. The summed E-state index contributed by atoms with van der Waals surface area (Å²) < 4.78 is 1.65. The van der Waals surface area contributed by atoms with E-state index in [9.17, 15) is 9.90 Å². The van der Waals surface area contributed by atoms with Crippen LogP contribution in [0.25, 0.3) is 28.0 Å². The lowest BCUT2D eigenvalue weighted by Gasteiger charge is -2.47. The van der Waals surface area contributed by atoms with Crippen molar-refractivity contribution in [3.05, 3.63) is 64.4 Å². The Hall–Kier alpha value is -3.20. The van der Waals surface area contributed by atoms with Crippen molar-refractivity contribution in [1.29, 1.82) is 0 Å². The van der Waals surface area contributed by atoms with Gasteiger partial charge in [-0.2, -0.15) is 14.6 Å². The van der Waals surface area contributed by atoms with Crippen LogP contribution in [-0.4, -0.2) is 55.8 Å². The first-order chi connectivity index (χ1) is 16.3. The monoisotopic (exact) mass is 496 g/mol. The minimum absolute atomic E-state index is 0.254. The Balaban J connectivity index is 1.74. The molecule has 5 rings (SSSR count). The summed E-state index contributed by atoms with van der Waals surface area (Å²) >= 11 is 13.2. The van der Waals surface area contributed by atoms with E-state index >= 15 is 0 Å². The minimum Gasteiger partial charge on any atom is -0.480 e. The van der Waals surface area contributed by atoms with Crippen molar-refractivity contribution in [2.75, 3.05) is 24.5 Å². The van der Waals surface area contributed by atoms with Crippen LogP contribution >= 0.6 is 23.2 Å². The quantitative estimate of drug-likeness (QED) is 0.410. The number of carboxylic acids is 1. The van der Waals surface area contributed by atoms with Gasteiger partial charge in [0.15, 0.2) is 11.2 Å². The summed E-state index contributed by atoms with van der Waals surface area (Å²) in [5.74, 6) is 0.170. The molecule has 1 aliphatic rings. The van der Waals surface area contributed by atoms with E-state index in [1.54, 1.807) is 11.4 Å². The highest BCUT2D eigenvalue weighted by Crippen LogP contribution is 2.41. The number of hydrogen-bond acceptors (Lipinski definition) is 6. The van der Waals surface area contributed by atoms with E-state index in [1.807, 2.05) is 60.4 Å². The third kappa shape index (κ3) is 3.58. The second-order valence-electron chi connectivity index (χ2n) is 8.26. The molecule has 2 aromatic carbocycles. The van der Waals surface area contributed by atoms with Crippen LogP contribution in [0.1, 0.15) is 12.7 Å². The maximum Gasteiger partial charge on any atom is 0.327 e. The highest BCUT2D eigenvalue weighted by Gasteiger charge is 2.50. The predicted molar refractivity (Wildman–Crippen MR) is 133 cm³/mol. The fourth-order valence-electron chi connectivity index (χ4n) is 4.39. The first kappa shape index (κ1) is 22.6. The Morgan fingerprint density at radius 1 is 1.06 bits per heavy atom. The van der Waals surface area contributed by atoms with Gasteiger partial charge in [0.25, 0.3) is 0 Å².